The number of aliphatic imine (C=N–C) groups is 1. The third-order valence-electron chi connectivity index (χ3n) is 5.64. The van der Waals surface area contributed by atoms with Crippen LogP contribution >= 0.6 is 0 Å². The van der Waals surface area contributed by atoms with Crippen LogP contribution in [0.1, 0.15) is 52.9 Å². The Kier molecular flexibility index (Phi) is 5.75. The lowest BCUT2D eigenvalue weighted by atomic mass is 10.1. The summed E-state index contributed by atoms with van der Waals surface area (Å²) < 4.78 is 2.78. The highest BCUT2D eigenvalue weighted by Crippen LogP contribution is 2.45. The molecular weight excluding hydrogens is 274 g/mol. The summed E-state index contributed by atoms with van der Waals surface area (Å²) in [5, 5.41) is 0. The quantitative estimate of drug-likeness (QED) is 0.713. The van der Waals surface area contributed by atoms with Gasteiger partial charge < -0.3 is 9.47 Å². The van der Waals surface area contributed by atoms with E-state index in [1.54, 1.807) is 0 Å². The summed E-state index contributed by atoms with van der Waals surface area (Å²) in [7, 11) is -1.38. The van der Waals surface area contributed by atoms with E-state index >= 15 is 0 Å². The average molecular weight is 310 g/mol. The van der Waals surface area contributed by atoms with Crippen LogP contribution in [0.15, 0.2) is 4.99 Å². The summed E-state index contributed by atoms with van der Waals surface area (Å²) in [6.45, 7) is 16.5. The maximum absolute atomic E-state index is 4.90. The molecule has 0 aromatic carbocycles. The molecule has 2 unspecified atom stereocenters. The Morgan fingerprint density at radius 2 is 1.71 bits per heavy atom. The van der Waals surface area contributed by atoms with E-state index in [-0.39, 0.29) is 0 Å². The minimum Gasteiger partial charge on any atom is -0.370 e. The van der Waals surface area contributed by atoms with Gasteiger partial charge >= 0.3 is 0 Å². The van der Waals surface area contributed by atoms with Crippen LogP contribution < -0.4 is 0 Å². The van der Waals surface area contributed by atoms with Crippen molar-refractivity contribution in [1.29, 1.82) is 0 Å². The van der Waals surface area contributed by atoms with Gasteiger partial charge in [0.2, 0.25) is 0 Å². The largest absolute Gasteiger partial charge is 0.370 e. The third-order valence-corrected chi connectivity index (χ3v) is 10.1. The summed E-state index contributed by atoms with van der Waals surface area (Å²) in [6.07, 6.45) is 6.94. The van der Waals surface area contributed by atoms with Crippen LogP contribution in [0.5, 0.6) is 0 Å². The first-order valence-corrected chi connectivity index (χ1v) is 12.2. The van der Waals surface area contributed by atoms with E-state index in [1.165, 1.54) is 57.7 Å². The maximum atomic E-state index is 4.90. The van der Waals surface area contributed by atoms with E-state index in [0.29, 0.717) is 0 Å². The van der Waals surface area contributed by atoms with E-state index < -0.39 is 8.24 Å². The third kappa shape index (κ3) is 3.30. The van der Waals surface area contributed by atoms with E-state index in [9.17, 15) is 0 Å². The molecule has 2 fully saturated rings. The fourth-order valence-electron chi connectivity index (χ4n) is 4.57. The van der Waals surface area contributed by atoms with Crippen molar-refractivity contribution in [2.75, 3.05) is 26.2 Å². The van der Waals surface area contributed by atoms with E-state index in [2.05, 4.69) is 29.5 Å². The normalized spacial score (nSPS) is 29.5. The van der Waals surface area contributed by atoms with Gasteiger partial charge in [0.25, 0.3) is 0 Å². The van der Waals surface area contributed by atoms with Crippen molar-refractivity contribution >= 4 is 14.2 Å². The van der Waals surface area contributed by atoms with Crippen molar-refractivity contribution < 1.29 is 0 Å². The van der Waals surface area contributed by atoms with Gasteiger partial charge in [0.05, 0.1) is 0 Å². The highest BCUT2D eigenvalue weighted by atomic mass is 28.3. The molecule has 0 radical (unpaired) electrons. The fourth-order valence-corrected chi connectivity index (χ4v) is 8.90. The van der Waals surface area contributed by atoms with Crippen LogP contribution in [0.2, 0.25) is 18.6 Å². The van der Waals surface area contributed by atoms with Crippen molar-refractivity contribution in [1.82, 2.24) is 9.47 Å². The molecule has 122 valence electrons. The Morgan fingerprint density at radius 3 is 2.38 bits per heavy atom. The zero-order chi connectivity index (χ0) is 15.5. The summed E-state index contributed by atoms with van der Waals surface area (Å²) in [4.78, 5) is 7.46. The van der Waals surface area contributed by atoms with Crippen molar-refractivity contribution in [3.63, 3.8) is 0 Å². The second-order valence-corrected chi connectivity index (χ2v) is 11.8. The second-order valence-electron chi connectivity index (χ2n) is 7.20. The van der Waals surface area contributed by atoms with Gasteiger partial charge in [0.1, 0.15) is 0 Å². The molecule has 1 saturated heterocycles. The van der Waals surface area contributed by atoms with Crippen LogP contribution in [0.25, 0.3) is 0 Å². The van der Waals surface area contributed by atoms with Gasteiger partial charge in [-0.2, -0.15) is 0 Å². The predicted octanol–water partition coefficient (Wildman–Crippen LogP) is 4.18. The van der Waals surface area contributed by atoms with Crippen LogP contribution in [-0.4, -0.2) is 49.8 Å². The van der Waals surface area contributed by atoms with Gasteiger partial charge in [0, 0.05) is 26.2 Å². The SMILES string of the molecule is CC.CC1CCCC1[Si](C)(C)N1CCCN2CCCN=C21. The number of hydrogen-bond acceptors (Lipinski definition) is 3. The van der Waals surface area contributed by atoms with Crippen molar-refractivity contribution in [3.8, 4) is 0 Å². The van der Waals surface area contributed by atoms with Gasteiger partial charge in [-0.1, -0.05) is 53.1 Å². The minimum absolute atomic E-state index is 0.932. The van der Waals surface area contributed by atoms with Gasteiger partial charge in [-0.15, -0.1) is 0 Å². The maximum Gasteiger partial charge on any atom is 0.188 e. The van der Waals surface area contributed by atoms with Crippen LogP contribution in [-0.2, 0) is 0 Å². The minimum atomic E-state index is -1.38. The topological polar surface area (TPSA) is 18.8 Å². The molecule has 3 rings (SSSR count). The summed E-state index contributed by atoms with van der Waals surface area (Å²) in [5.41, 5.74) is 0.970. The predicted molar refractivity (Wildman–Crippen MR) is 95.4 cm³/mol. The van der Waals surface area contributed by atoms with Gasteiger partial charge in [0.15, 0.2) is 14.2 Å². The molecule has 0 spiro atoms. The molecule has 1 aliphatic carbocycles. The first kappa shape index (κ1) is 16.9. The summed E-state index contributed by atoms with van der Waals surface area (Å²) in [5.74, 6) is 2.30. The Bertz CT molecular complexity index is 367. The number of hydrogen-bond donors (Lipinski definition) is 0. The zero-order valence-corrected chi connectivity index (χ0v) is 15.9. The lowest BCUT2D eigenvalue weighted by Crippen LogP contribution is -2.63. The number of fused-ring (bicyclic) bond motifs is 1. The van der Waals surface area contributed by atoms with Gasteiger partial charge in [-0.05, 0) is 24.3 Å². The average Bonchev–Trinajstić information content (AvgIpc) is 2.95. The Balaban J connectivity index is 0.000000774. The van der Waals surface area contributed by atoms with E-state index in [0.717, 1.165) is 18.0 Å². The Hall–Kier alpha value is -0.513. The molecular formula is C17H35N3Si. The summed E-state index contributed by atoms with van der Waals surface area (Å²) >= 11 is 0. The van der Waals surface area contributed by atoms with Crippen molar-refractivity contribution in [2.45, 2.75) is 71.5 Å². The standard InChI is InChI=1S/C15H29N3Si.C2H6/c1-13-7-4-8-14(13)19(2,3)18-12-6-11-17-10-5-9-16-15(17)18;1-2/h13-14H,4-12H2,1-3H3;1-2H3. The first-order valence-electron chi connectivity index (χ1n) is 9.18. The molecule has 2 heterocycles. The lowest BCUT2D eigenvalue weighted by molar-refractivity contribution is 0.292. The van der Waals surface area contributed by atoms with Crippen LogP contribution in [0, 0.1) is 5.92 Å². The molecule has 0 bridgehead atoms. The molecule has 2 aliphatic heterocycles. The number of rotatable bonds is 2. The zero-order valence-electron chi connectivity index (χ0n) is 14.9. The molecule has 0 aromatic heterocycles. The molecule has 4 heteroatoms. The van der Waals surface area contributed by atoms with Crippen LogP contribution in [0.3, 0.4) is 0 Å². The molecule has 0 amide bonds. The second kappa shape index (κ2) is 7.17. The van der Waals surface area contributed by atoms with Gasteiger partial charge in [-0.3, -0.25) is 4.99 Å². The van der Waals surface area contributed by atoms with E-state index in [1.807, 2.05) is 13.8 Å². The molecule has 0 N–H and O–H groups in total. The Morgan fingerprint density at radius 1 is 1.00 bits per heavy atom. The molecule has 21 heavy (non-hydrogen) atoms. The van der Waals surface area contributed by atoms with Crippen molar-refractivity contribution in [2.24, 2.45) is 10.9 Å². The molecule has 3 nitrogen and oxygen atoms in total. The van der Waals surface area contributed by atoms with E-state index in [4.69, 9.17) is 4.99 Å². The highest BCUT2D eigenvalue weighted by Gasteiger charge is 2.46. The first-order chi connectivity index (χ1) is 10.1. The monoisotopic (exact) mass is 309 g/mol. The molecule has 2 atom stereocenters. The Labute approximate surface area is 132 Å². The molecule has 3 aliphatic rings. The number of guanidine groups is 1. The number of nitrogens with zero attached hydrogens (tertiary/aromatic N) is 3. The molecule has 0 aromatic rings. The fraction of sp³-hybridized carbons (Fsp3) is 0.941. The van der Waals surface area contributed by atoms with Gasteiger partial charge in [-0.25, -0.2) is 0 Å². The lowest BCUT2D eigenvalue weighted by Gasteiger charge is -2.50. The highest BCUT2D eigenvalue weighted by molar-refractivity contribution is 6.78. The summed E-state index contributed by atoms with van der Waals surface area (Å²) in [6, 6.07) is 0. The van der Waals surface area contributed by atoms with Crippen molar-refractivity contribution in [3.05, 3.63) is 0 Å². The molecule has 1 saturated carbocycles. The smallest absolute Gasteiger partial charge is 0.188 e. The van der Waals surface area contributed by atoms with Crippen LogP contribution in [0.4, 0.5) is 0 Å².